The van der Waals surface area contributed by atoms with E-state index in [2.05, 4.69) is 76.6 Å². The smallest absolute Gasteiger partial charge is 0.0286 e. The molecule has 0 aliphatic heterocycles. The molecule has 2 aromatic carbocycles. The van der Waals surface area contributed by atoms with Crippen LogP contribution in [0.3, 0.4) is 0 Å². The average molecular weight is 285 g/mol. The van der Waals surface area contributed by atoms with Crippen LogP contribution in [0.1, 0.15) is 28.2 Å². The van der Waals surface area contributed by atoms with Crippen LogP contribution in [-0.4, -0.2) is 0 Å². The van der Waals surface area contributed by atoms with Gasteiger partial charge >= 0.3 is 0 Å². The maximum absolute atomic E-state index is 3.57. The first-order valence-corrected chi connectivity index (χ1v) is 6.93. The highest BCUT2D eigenvalue weighted by Crippen LogP contribution is 2.36. The number of hydrogen-bond acceptors (Lipinski definition) is 0. The number of halogens is 1. The Morgan fingerprint density at radius 3 is 2.41 bits per heavy atom. The van der Waals surface area contributed by atoms with Crippen LogP contribution in [0.25, 0.3) is 6.08 Å². The van der Waals surface area contributed by atoms with Gasteiger partial charge in [-0.25, -0.2) is 0 Å². The second kappa shape index (κ2) is 4.50. The summed E-state index contributed by atoms with van der Waals surface area (Å²) in [5.74, 6) is 0.417. The van der Waals surface area contributed by atoms with Gasteiger partial charge in [-0.05, 0) is 22.3 Å². The molecule has 1 atom stereocenters. The average Bonchev–Trinajstić information content (AvgIpc) is 2.82. The Bertz CT molecular complexity index is 569. The second-order valence-electron chi connectivity index (χ2n) is 4.30. The highest BCUT2D eigenvalue weighted by atomic mass is 79.9. The number of fused-ring (bicyclic) bond motifs is 1. The van der Waals surface area contributed by atoms with Gasteiger partial charge < -0.3 is 0 Å². The third-order valence-electron chi connectivity index (χ3n) is 3.33. The molecule has 84 valence electrons. The molecule has 0 fully saturated rings. The molecule has 0 aromatic heterocycles. The molecule has 17 heavy (non-hydrogen) atoms. The van der Waals surface area contributed by atoms with Gasteiger partial charge in [0.05, 0.1) is 0 Å². The zero-order valence-corrected chi connectivity index (χ0v) is 11.0. The number of alkyl halides is 1. The predicted molar refractivity (Wildman–Crippen MR) is 76.4 cm³/mol. The summed E-state index contributed by atoms with van der Waals surface area (Å²) in [5, 5.41) is 0.912. The van der Waals surface area contributed by atoms with Crippen molar-refractivity contribution in [2.45, 2.75) is 11.2 Å². The van der Waals surface area contributed by atoms with Crippen LogP contribution in [-0.2, 0) is 5.33 Å². The van der Waals surface area contributed by atoms with E-state index in [1.165, 1.54) is 22.3 Å². The third kappa shape index (κ3) is 1.85. The lowest BCUT2D eigenvalue weighted by molar-refractivity contribution is 1.03. The van der Waals surface area contributed by atoms with Gasteiger partial charge in [0.1, 0.15) is 0 Å². The van der Waals surface area contributed by atoms with Crippen molar-refractivity contribution < 1.29 is 0 Å². The number of rotatable bonds is 2. The van der Waals surface area contributed by atoms with Gasteiger partial charge in [-0.1, -0.05) is 76.6 Å². The fourth-order valence-electron chi connectivity index (χ4n) is 2.48. The number of benzene rings is 2. The van der Waals surface area contributed by atoms with Crippen LogP contribution in [0.5, 0.6) is 0 Å². The van der Waals surface area contributed by atoms with E-state index in [0.717, 1.165) is 5.33 Å². The van der Waals surface area contributed by atoms with Crippen molar-refractivity contribution in [3.63, 3.8) is 0 Å². The Hall–Kier alpha value is -1.34. The van der Waals surface area contributed by atoms with Crippen molar-refractivity contribution in [2.75, 3.05) is 0 Å². The molecule has 2 aromatic rings. The lowest BCUT2D eigenvalue weighted by Crippen LogP contribution is -1.99. The summed E-state index contributed by atoms with van der Waals surface area (Å²) < 4.78 is 0. The minimum atomic E-state index is 0.417. The SMILES string of the molecule is BrCc1ccccc1C1C=Cc2ccccc21. The molecule has 0 spiro atoms. The minimum Gasteiger partial charge on any atom is -0.0876 e. The summed E-state index contributed by atoms with van der Waals surface area (Å²) in [6, 6.07) is 17.3. The van der Waals surface area contributed by atoms with Crippen molar-refractivity contribution in [3.8, 4) is 0 Å². The molecule has 0 saturated heterocycles. The maximum atomic E-state index is 3.57. The largest absolute Gasteiger partial charge is 0.0876 e. The van der Waals surface area contributed by atoms with Crippen LogP contribution in [0, 0.1) is 0 Å². The lowest BCUT2D eigenvalue weighted by atomic mass is 9.90. The van der Waals surface area contributed by atoms with E-state index >= 15 is 0 Å². The van der Waals surface area contributed by atoms with Crippen LogP contribution in [0.15, 0.2) is 54.6 Å². The fourth-order valence-corrected chi connectivity index (χ4v) is 2.99. The third-order valence-corrected chi connectivity index (χ3v) is 3.94. The first kappa shape index (κ1) is 10.8. The Morgan fingerprint density at radius 2 is 1.59 bits per heavy atom. The molecule has 1 heteroatoms. The van der Waals surface area contributed by atoms with Crippen molar-refractivity contribution in [2.24, 2.45) is 0 Å². The highest BCUT2D eigenvalue weighted by Gasteiger charge is 2.20. The monoisotopic (exact) mass is 284 g/mol. The van der Waals surface area contributed by atoms with Gasteiger partial charge in [0.25, 0.3) is 0 Å². The summed E-state index contributed by atoms with van der Waals surface area (Å²) in [5.41, 5.74) is 5.55. The Balaban J connectivity index is 2.10. The van der Waals surface area contributed by atoms with E-state index in [4.69, 9.17) is 0 Å². The highest BCUT2D eigenvalue weighted by molar-refractivity contribution is 9.08. The first-order valence-electron chi connectivity index (χ1n) is 5.81. The topological polar surface area (TPSA) is 0 Å². The summed E-state index contributed by atoms with van der Waals surface area (Å²) in [6.07, 6.45) is 4.52. The Kier molecular flexibility index (Phi) is 2.86. The standard InChI is InChI=1S/C16H13Br/c17-11-13-6-2-4-8-15(13)16-10-9-12-5-1-3-7-14(12)16/h1-10,16H,11H2. The molecule has 0 amide bonds. The van der Waals surface area contributed by atoms with Crippen molar-refractivity contribution in [1.82, 2.24) is 0 Å². The molecular formula is C16H13Br. The molecule has 1 aliphatic rings. The molecule has 0 saturated carbocycles. The van der Waals surface area contributed by atoms with Crippen molar-refractivity contribution >= 4 is 22.0 Å². The van der Waals surface area contributed by atoms with Gasteiger partial charge in [0.2, 0.25) is 0 Å². The summed E-state index contributed by atoms with van der Waals surface area (Å²) in [7, 11) is 0. The number of hydrogen-bond donors (Lipinski definition) is 0. The van der Waals surface area contributed by atoms with Crippen LogP contribution >= 0.6 is 15.9 Å². The van der Waals surface area contributed by atoms with E-state index in [1.54, 1.807) is 0 Å². The molecule has 0 bridgehead atoms. The summed E-state index contributed by atoms with van der Waals surface area (Å²) in [4.78, 5) is 0. The summed E-state index contributed by atoms with van der Waals surface area (Å²) in [6.45, 7) is 0. The Morgan fingerprint density at radius 1 is 0.882 bits per heavy atom. The van der Waals surface area contributed by atoms with Crippen LogP contribution in [0.2, 0.25) is 0 Å². The van der Waals surface area contributed by atoms with Crippen LogP contribution in [0.4, 0.5) is 0 Å². The molecule has 0 nitrogen and oxygen atoms in total. The van der Waals surface area contributed by atoms with E-state index < -0.39 is 0 Å². The number of allylic oxidation sites excluding steroid dienone is 1. The predicted octanol–water partition coefficient (Wildman–Crippen LogP) is 4.74. The molecule has 1 aliphatic carbocycles. The maximum Gasteiger partial charge on any atom is 0.0286 e. The van der Waals surface area contributed by atoms with Crippen molar-refractivity contribution in [1.29, 1.82) is 0 Å². The van der Waals surface area contributed by atoms with Crippen LogP contribution < -0.4 is 0 Å². The zero-order valence-electron chi connectivity index (χ0n) is 9.44. The minimum absolute atomic E-state index is 0.417. The zero-order chi connectivity index (χ0) is 11.7. The molecule has 3 rings (SSSR count). The molecule has 1 unspecified atom stereocenters. The van der Waals surface area contributed by atoms with Gasteiger partial charge in [-0.3, -0.25) is 0 Å². The second-order valence-corrected chi connectivity index (χ2v) is 4.86. The normalized spacial score (nSPS) is 17.1. The molecule has 0 heterocycles. The molecule has 0 radical (unpaired) electrons. The fraction of sp³-hybridized carbons (Fsp3) is 0.125. The van der Waals surface area contributed by atoms with Gasteiger partial charge in [0, 0.05) is 11.2 Å². The quantitative estimate of drug-likeness (QED) is 0.699. The van der Waals surface area contributed by atoms with Gasteiger partial charge in [0.15, 0.2) is 0 Å². The van der Waals surface area contributed by atoms with Gasteiger partial charge in [-0.2, -0.15) is 0 Å². The van der Waals surface area contributed by atoms with E-state index in [-0.39, 0.29) is 0 Å². The van der Waals surface area contributed by atoms with E-state index in [9.17, 15) is 0 Å². The van der Waals surface area contributed by atoms with E-state index in [0.29, 0.717) is 5.92 Å². The Labute approximate surface area is 110 Å². The lowest BCUT2D eigenvalue weighted by Gasteiger charge is -2.14. The molecular weight excluding hydrogens is 272 g/mol. The van der Waals surface area contributed by atoms with Crippen molar-refractivity contribution in [3.05, 3.63) is 76.9 Å². The van der Waals surface area contributed by atoms with E-state index in [1.807, 2.05) is 0 Å². The summed E-state index contributed by atoms with van der Waals surface area (Å²) >= 11 is 3.57. The first-order chi connectivity index (χ1) is 8.40. The molecule has 0 N–H and O–H groups in total. The van der Waals surface area contributed by atoms with Gasteiger partial charge in [-0.15, -0.1) is 0 Å².